The Morgan fingerprint density at radius 3 is 1.73 bits per heavy atom. The Labute approximate surface area is 86.7 Å². The predicted molar refractivity (Wildman–Crippen MR) is 47.7 cm³/mol. The lowest BCUT2D eigenvalue weighted by atomic mass is 9.81. The van der Waals surface area contributed by atoms with Crippen molar-refractivity contribution in [3.8, 4) is 0 Å². The van der Waals surface area contributed by atoms with E-state index >= 15 is 0 Å². The third kappa shape index (κ3) is 0.848. The van der Waals surface area contributed by atoms with Gasteiger partial charge < -0.3 is 9.47 Å². The summed E-state index contributed by atoms with van der Waals surface area (Å²) >= 11 is 0. The summed E-state index contributed by atoms with van der Waals surface area (Å²) < 4.78 is 9.27. The second-order valence-corrected chi connectivity index (χ2v) is 4.17. The minimum atomic E-state index is -0.480. The van der Waals surface area contributed by atoms with Crippen LogP contribution in [0.2, 0.25) is 0 Å². The van der Waals surface area contributed by atoms with E-state index in [-0.39, 0.29) is 12.1 Å². The molecule has 0 aromatic carbocycles. The Hall–Kier alpha value is -1.46. The third-order valence-electron chi connectivity index (χ3n) is 3.64. The Morgan fingerprint density at radius 2 is 1.40 bits per heavy atom. The van der Waals surface area contributed by atoms with Gasteiger partial charge in [0.15, 0.2) is 0 Å². The molecule has 0 bridgehead atoms. The molecule has 0 N–H and O–H groups in total. The predicted octanol–water partition coefficient (Wildman–Crippen LogP) is 0.439. The van der Waals surface area contributed by atoms with Gasteiger partial charge in [-0.25, -0.2) is 19.6 Å². The summed E-state index contributed by atoms with van der Waals surface area (Å²) in [6.07, 6.45) is 0.148. The molecular formula is C9H12N2O4. The maximum atomic E-state index is 11.4. The van der Waals surface area contributed by atoms with E-state index in [9.17, 15) is 9.59 Å². The van der Waals surface area contributed by atoms with Crippen LogP contribution in [-0.2, 0) is 9.47 Å². The lowest BCUT2D eigenvalue weighted by Crippen LogP contribution is -2.80. The van der Waals surface area contributed by atoms with E-state index in [1.807, 2.05) is 0 Å². The van der Waals surface area contributed by atoms with Crippen molar-refractivity contribution in [2.24, 2.45) is 11.8 Å². The van der Waals surface area contributed by atoms with Gasteiger partial charge in [-0.1, -0.05) is 0 Å². The molecule has 4 atom stereocenters. The van der Waals surface area contributed by atoms with E-state index < -0.39 is 12.2 Å². The fraction of sp³-hybridized carbons (Fsp3) is 0.778. The highest BCUT2D eigenvalue weighted by Crippen LogP contribution is 2.65. The fourth-order valence-electron chi connectivity index (χ4n) is 2.86. The average molecular weight is 212 g/mol. The first-order chi connectivity index (χ1) is 7.20. The van der Waals surface area contributed by atoms with Crippen LogP contribution < -0.4 is 0 Å². The number of ether oxygens (including phenoxy) is 2. The number of hydrogen-bond acceptors (Lipinski definition) is 4. The SMILES string of the molecule is COC(=O)N1[C@@H]2[C@H]3C[C@H]3[C@@H]2N1C(=O)OC. The first-order valence-electron chi connectivity index (χ1n) is 4.95. The van der Waals surface area contributed by atoms with E-state index in [4.69, 9.17) is 0 Å². The number of hydrogen-bond donors (Lipinski definition) is 0. The molecule has 3 rings (SSSR count). The zero-order valence-corrected chi connectivity index (χ0v) is 8.54. The normalized spacial score (nSPS) is 39.3. The molecule has 15 heavy (non-hydrogen) atoms. The Morgan fingerprint density at radius 1 is 1.00 bits per heavy atom. The molecule has 2 aliphatic carbocycles. The Balaban J connectivity index is 1.80. The molecule has 6 nitrogen and oxygen atoms in total. The molecule has 0 aromatic rings. The largest absolute Gasteiger partial charge is 0.452 e. The third-order valence-corrected chi connectivity index (χ3v) is 3.64. The molecule has 1 heterocycles. The number of fused-ring (bicyclic) bond motifs is 4. The molecule has 0 radical (unpaired) electrons. The maximum Gasteiger partial charge on any atom is 0.429 e. The van der Waals surface area contributed by atoms with Crippen LogP contribution in [0, 0.1) is 11.8 Å². The van der Waals surface area contributed by atoms with E-state index in [1.165, 1.54) is 24.2 Å². The van der Waals surface area contributed by atoms with Crippen LogP contribution in [0.1, 0.15) is 6.42 Å². The zero-order chi connectivity index (χ0) is 10.7. The minimum Gasteiger partial charge on any atom is -0.452 e. The molecule has 0 spiro atoms. The van der Waals surface area contributed by atoms with Gasteiger partial charge in [0.25, 0.3) is 0 Å². The topological polar surface area (TPSA) is 59.1 Å². The number of methoxy groups -OCH3 is 2. The van der Waals surface area contributed by atoms with Gasteiger partial charge in [0.05, 0.1) is 26.3 Å². The maximum absolute atomic E-state index is 11.4. The average Bonchev–Trinajstić information content (AvgIpc) is 2.89. The van der Waals surface area contributed by atoms with Crippen molar-refractivity contribution in [1.82, 2.24) is 10.0 Å². The van der Waals surface area contributed by atoms with Crippen molar-refractivity contribution in [1.29, 1.82) is 0 Å². The van der Waals surface area contributed by atoms with Crippen molar-refractivity contribution in [3.63, 3.8) is 0 Å². The summed E-state index contributed by atoms with van der Waals surface area (Å²) in [4.78, 5) is 22.9. The zero-order valence-electron chi connectivity index (χ0n) is 8.54. The smallest absolute Gasteiger partial charge is 0.429 e. The van der Waals surface area contributed by atoms with E-state index in [0.717, 1.165) is 6.42 Å². The van der Waals surface area contributed by atoms with Crippen LogP contribution in [-0.4, -0.2) is 48.5 Å². The number of carbonyl (C=O) groups excluding carboxylic acids is 2. The van der Waals surface area contributed by atoms with Gasteiger partial charge in [-0.2, -0.15) is 0 Å². The van der Waals surface area contributed by atoms with Crippen molar-refractivity contribution in [2.75, 3.05) is 14.2 Å². The van der Waals surface area contributed by atoms with Crippen LogP contribution in [0.25, 0.3) is 0 Å². The molecule has 6 heteroatoms. The number of nitrogens with zero attached hydrogens (tertiary/aromatic N) is 2. The highest BCUT2D eigenvalue weighted by atomic mass is 16.6. The second kappa shape index (κ2) is 2.56. The van der Waals surface area contributed by atoms with Crippen molar-refractivity contribution >= 4 is 12.2 Å². The van der Waals surface area contributed by atoms with Crippen molar-refractivity contribution in [3.05, 3.63) is 0 Å². The number of hydrazine groups is 1. The van der Waals surface area contributed by atoms with Gasteiger partial charge in [-0.3, -0.25) is 0 Å². The summed E-state index contributed by atoms with van der Waals surface area (Å²) in [6.45, 7) is 0. The molecule has 0 aromatic heterocycles. The summed E-state index contributed by atoms with van der Waals surface area (Å²) in [5.74, 6) is 1.16. The van der Waals surface area contributed by atoms with Gasteiger partial charge in [0.1, 0.15) is 0 Å². The van der Waals surface area contributed by atoms with Crippen LogP contribution in [0.3, 0.4) is 0 Å². The lowest BCUT2D eigenvalue weighted by molar-refractivity contribution is -0.209. The number of carbonyl (C=O) groups is 2. The van der Waals surface area contributed by atoms with Gasteiger partial charge in [0, 0.05) is 0 Å². The second-order valence-electron chi connectivity index (χ2n) is 4.17. The van der Waals surface area contributed by atoms with Crippen LogP contribution >= 0.6 is 0 Å². The van der Waals surface area contributed by atoms with Crippen molar-refractivity contribution in [2.45, 2.75) is 18.5 Å². The molecule has 82 valence electrons. The van der Waals surface area contributed by atoms with Crippen LogP contribution in [0.15, 0.2) is 0 Å². The molecule has 3 aliphatic rings. The number of rotatable bonds is 0. The molecule has 1 aliphatic heterocycles. The monoisotopic (exact) mass is 212 g/mol. The van der Waals surface area contributed by atoms with Gasteiger partial charge >= 0.3 is 12.2 Å². The van der Waals surface area contributed by atoms with Gasteiger partial charge in [-0.05, 0) is 18.3 Å². The lowest BCUT2D eigenvalue weighted by Gasteiger charge is -2.60. The van der Waals surface area contributed by atoms with Gasteiger partial charge in [-0.15, -0.1) is 0 Å². The molecule has 3 fully saturated rings. The fourth-order valence-corrected chi connectivity index (χ4v) is 2.86. The quantitative estimate of drug-likeness (QED) is 0.584. The highest BCUT2D eigenvalue weighted by Gasteiger charge is 2.76. The molecular weight excluding hydrogens is 200 g/mol. The minimum absolute atomic E-state index is 0.168. The van der Waals surface area contributed by atoms with E-state index in [2.05, 4.69) is 9.47 Å². The highest BCUT2D eigenvalue weighted by molar-refractivity contribution is 5.78. The molecule has 0 unspecified atom stereocenters. The van der Waals surface area contributed by atoms with Crippen LogP contribution in [0.5, 0.6) is 0 Å². The van der Waals surface area contributed by atoms with Gasteiger partial charge in [0.2, 0.25) is 0 Å². The van der Waals surface area contributed by atoms with E-state index in [1.54, 1.807) is 0 Å². The van der Waals surface area contributed by atoms with Crippen LogP contribution in [0.4, 0.5) is 9.59 Å². The van der Waals surface area contributed by atoms with E-state index in [0.29, 0.717) is 11.8 Å². The summed E-state index contributed by atoms with van der Waals surface area (Å²) in [5, 5.41) is 2.76. The summed E-state index contributed by atoms with van der Waals surface area (Å²) in [7, 11) is 2.63. The summed E-state index contributed by atoms with van der Waals surface area (Å²) in [5.41, 5.74) is 0. The number of amides is 2. The molecule has 2 amide bonds. The Bertz CT molecular complexity index is 313. The standard InChI is InChI=1S/C9H12N2O4/c1-14-8(12)10-6-4-3-5(4)7(6)11(10)9(13)15-2/h4-7H,3H2,1-2H3/t4-,5+,6+,7-. The summed E-state index contributed by atoms with van der Waals surface area (Å²) in [6, 6.07) is 0.336. The first-order valence-corrected chi connectivity index (χ1v) is 4.95. The van der Waals surface area contributed by atoms with Crippen molar-refractivity contribution < 1.29 is 19.1 Å². The Kier molecular flexibility index (Phi) is 1.50. The first kappa shape index (κ1) is 8.82. The molecule has 2 saturated carbocycles. The molecule has 1 saturated heterocycles.